The molecule has 3 aromatic carbocycles. The molecule has 6 nitrogen and oxygen atoms in total. The van der Waals surface area contributed by atoms with E-state index in [2.05, 4.69) is 10.2 Å². The maximum absolute atomic E-state index is 9.34. The molecular weight excluding hydrogens is 352 g/mol. The number of nitrogens with two attached hydrogens (primary N) is 1. The van der Waals surface area contributed by atoms with Gasteiger partial charge in [-0.25, -0.2) is 0 Å². The van der Waals surface area contributed by atoms with Crippen molar-refractivity contribution in [3.05, 3.63) is 72.8 Å². The van der Waals surface area contributed by atoms with Gasteiger partial charge in [0.1, 0.15) is 0 Å². The first-order valence-corrected chi connectivity index (χ1v) is 9.14. The molecule has 0 aliphatic rings. The Labute approximate surface area is 164 Å². The van der Waals surface area contributed by atoms with Gasteiger partial charge in [0.05, 0.1) is 24.6 Å². The van der Waals surface area contributed by atoms with Gasteiger partial charge >= 0.3 is 0 Å². The van der Waals surface area contributed by atoms with Crippen molar-refractivity contribution in [2.45, 2.75) is 0 Å². The smallest absolute Gasteiger partial charge is 0.0936 e. The second-order valence-electron chi connectivity index (χ2n) is 6.29. The zero-order valence-electron chi connectivity index (χ0n) is 15.6. The Morgan fingerprint density at radius 2 is 1.46 bits per heavy atom. The van der Waals surface area contributed by atoms with Gasteiger partial charge in [0.2, 0.25) is 0 Å². The van der Waals surface area contributed by atoms with Crippen molar-refractivity contribution >= 4 is 22.7 Å². The third-order valence-electron chi connectivity index (χ3n) is 4.34. The highest BCUT2D eigenvalue weighted by atomic mass is 16.3. The van der Waals surface area contributed by atoms with Gasteiger partial charge in [-0.05, 0) is 48.0 Å². The Morgan fingerprint density at radius 1 is 0.786 bits per heavy atom. The molecule has 3 rings (SSSR count). The highest BCUT2D eigenvalue weighted by molar-refractivity contribution is 5.80. The van der Waals surface area contributed by atoms with Crippen LogP contribution in [0.5, 0.6) is 0 Å². The highest BCUT2D eigenvalue weighted by Crippen LogP contribution is 2.35. The number of rotatable bonds is 8. The normalized spacial score (nSPS) is 11.1. The number of anilines is 2. The summed E-state index contributed by atoms with van der Waals surface area (Å²) in [7, 11) is 0. The van der Waals surface area contributed by atoms with Crippen LogP contribution in [-0.4, -0.2) is 36.5 Å². The van der Waals surface area contributed by atoms with Crippen molar-refractivity contribution in [1.29, 1.82) is 0 Å². The number of hydrogen-bond acceptors (Lipinski definition) is 6. The summed E-state index contributed by atoms with van der Waals surface area (Å²) < 4.78 is 0. The average Bonchev–Trinajstić information content (AvgIpc) is 2.73. The van der Waals surface area contributed by atoms with Gasteiger partial charge in [-0.1, -0.05) is 30.3 Å². The van der Waals surface area contributed by atoms with E-state index in [1.807, 2.05) is 77.7 Å². The number of nitrogens with zero attached hydrogens (tertiary/aromatic N) is 3. The van der Waals surface area contributed by atoms with Gasteiger partial charge in [-0.2, -0.15) is 5.11 Å². The SMILES string of the molecule is Nc1ccc(-c2cc(N(CCO)CCO)ccc2N=Nc2ccccc2)cc1. The van der Waals surface area contributed by atoms with Crippen LogP contribution < -0.4 is 10.6 Å². The minimum absolute atomic E-state index is 0.00662. The minimum Gasteiger partial charge on any atom is -0.399 e. The van der Waals surface area contributed by atoms with Crippen molar-refractivity contribution in [1.82, 2.24) is 0 Å². The third-order valence-corrected chi connectivity index (χ3v) is 4.34. The summed E-state index contributed by atoms with van der Waals surface area (Å²) in [5, 5.41) is 27.4. The average molecular weight is 376 g/mol. The first kappa shape index (κ1) is 19.5. The number of aliphatic hydroxyl groups excluding tert-OH is 2. The molecule has 0 heterocycles. The lowest BCUT2D eigenvalue weighted by atomic mass is 10.0. The molecule has 6 heteroatoms. The van der Waals surface area contributed by atoms with Crippen LogP contribution in [0.2, 0.25) is 0 Å². The van der Waals surface area contributed by atoms with E-state index < -0.39 is 0 Å². The first-order valence-electron chi connectivity index (χ1n) is 9.14. The van der Waals surface area contributed by atoms with Crippen LogP contribution in [0.25, 0.3) is 11.1 Å². The molecule has 0 saturated heterocycles. The molecule has 0 aromatic heterocycles. The van der Waals surface area contributed by atoms with Crippen molar-refractivity contribution in [3.8, 4) is 11.1 Å². The maximum atomic E-state index is 9.34. The summed E-state index contributed by atoms with van der Waals surface area (Å²) in [5.74, 6) is 0. The lowest BCUT2D eigenvalue weighted by molar-refractivity contribution is 0.281. The van der Waals surface area contributed by atoms with Crippen molar-refractivity contribution in [2.24, 2.45) is 10.2 Å². The summed E-state index contributed by atoms with van der Waals surface area (Å²) in [6.07, 6.45) is 0. The molecule has 0 amide bonds. The molecule has 0 aliphatic carbocycles. The van der Waals surface area contributed by atoms with Crippen molar-refractivity contribution < 1.29 is 10.2 Å². The number of benzene rings is 3. The van der Waals surface area contributed by atoms with Crippen LogP contribution in [0.1, 0.15) is 0 Å². The molecule has 0 spiro atoms. The molecule has 4 N–H and O–H groups in total. The molecule has 3 aromatic rings. The van der Waals surface area contributed by atoms with E-state index >= 15 is 0 Å². The second-order valence-corrected chi connectivity index (χ2v) is 6.29. The Bertz CT molecular complexity index is 906. The third kappa shape index (κ3) is 4.94. The molecule has 0 atom stereocenters. The zero-order chi connectivity index (χ0) is 19.8. The predicted molar refractivity (Wildman–Crippen MR) is 113 cm³/mol. The highest BCUT2D eigenvalue weighted by Gasteiger charge is 2.11. The van der Waals surface area contributed by atoms with E-state index in [4.69, 9.17) is 5.73 Å². The van der Waals surface area contributed by atoms with Gasteiger partial charge in [0, 0.05) is 30.0 Å². The maximum Gasteiger partial charge on any atom is 0.0936 e. The van der Waals surface area contributed by atoms with E-state index in [0.29, 0.717) is 18.8 Å². The number of azo groups is 1. The van der Waals surface area contributed by atoms with Crippen molar-refractivity contribution in [3.63, 3.8) is 0 Å². The molecule has 0 saturated carbocycles. The molecular formula is C22H24N4O2. The lowest BCUT2D eigenvalue weighted by Crippen LogP contribution is -2.29. The lowest BCUT2D eigenvalue weighted by Gasteiger charge is -2.24. The predicted octanol–water partition coefficient (Wildman–Crippen LogP) is 4.14. The summed E-state index contributed by atoms with van der Waals surface area (Å²) in [5.41, 5.74) is 10.8. The summed E-state index contributed by atoms with van der Waals surface area (Å²) in [6.45, 7) is 0.887. The van der Waals surface area contributed by atoms with Gasteiger partial charge < -0.3 is 20.8 Å². The summed E-state index contributed by atoms with van der Waals surface area (Å²) >= 11 is 0. The van der Waals surface area contributed by atoms with Crippen LogP contribution >= 0.6 is 0 Å². The largest absolute Gasteiger partial charge is 0.399 e. The Morgan fingerprint density at radius 3 is 2.11 bits per heavy atom. The fraction of sp³-hybridized carbons (Fsp3) is 0.182. The van der Waals surface area contributed by atoms with Crippen LogP contribution in [0, 0.1) is 0 Å². The van der Waals surface area contributed by atoms with Crippen LogP contribution in [0.15, 0.2) is 83.0 Å². The van der Waals surface area contributed by atoms with E-state index in [9.17, 15) is 10.2 Å². The Hall–Kier alpha value is -3.22. The first-order chi connectivity index (χ1) is 13.7. The number of nitrogen functional groups attached to an aromatic ring is 1. The molecule has 0 fully saturated rings. The monoisotopic (exact) mass is 376 g/mol. The van der Waals surface area contributed by atoms with E-state index in [1.165, 1.54) is 0 Å². The zero-order valence-corrected chi connectivity index (χ0v) is 15.6. The number of aliphatic hydroxyl groups is 2. The molecule has 28 heavy (non-hydrogen) atoms. The van der Waals surface area contributed by atoms with Gasteiger partial charge in [0.25, 0.3) is 0 Å². The van der Waals surface area contributed by atoms with E-state index in [1.54, 1.807) is 0 Å². The molecule has 0 aliphatic heterocycles. The summed E-state index contributed by atoms with van der Waals surface area (Å²) in [4.78, 5) is 1.93. The van der Waals surface area contributed by atoms with Gasteiger partial charge in [0.15, 0.2) is 0 Å². The quantitative estimate of drug-likeness (QED) is 0.407. The topological polar surface area (TPSA) is 94.4 Å². The van der Waals surface area contributed by atoms with Crippen molar-refractivity contribution in [2.75, 3.05) is 36.9 Å². The molecule has 0 radical (unpaired) electrons. The Kier molecular flexibility index (Phi) is 6.73. The molecule has 0 unspecified atom stereocenters. The molecule has 0 bridgehead atoms. The van der Waals surface area contributed by atoms with Gasteiger partial charge in [-0.15, -0.1) is 5.11 Å². The standard InChI is InChI=1S/C22H24N4O2/c23-18-8-6-17(7-9-18)21-16-20(26(12-14-27)13-15-28)10-11-22(21)25-24-19-4-2-1-3-5-19/h1-11,16,27-28H,12-15,23H2. The van der Waals surface area contributed by atoms with E-state index in [-0.39, 0.29) is 13.2 Å². The van der Waals surface area contributed by atoms with Crippen LogP contribution in [0.4, 0.5) is 22.7 Å². The number of hydrogen-bond donors (Lipinski definition) is 3. The second kappa shape index (κ2) is 9.64. The fourth-order valence-electron chi connectivity index (χ4n) is 2.92. The van der Waals surface area contributed by atoms with E-state index in [0.717, 1.165) is 28.2 Å². The minimum atomic E-state index is 0.00662. The molecule has 144 valence electrons. The van der Waals surface area contributed by atoms with Gasteiger partial charge in [-0.3, -0.25) is 0 Å². The van der Waals surface area contributed by atoms with Crippen LogP contribution in [-0.2, 0) is 0 Å². The van der Waals surface area contributed by atoms with Crippen LogP contribution in [0.3, 0.4) is 0 Å². The fourth-order valence-corrected chi connectivity index (χ4v) is 2.92. The summed E-state index contributed by atoms with van der Waals surface area (Å²) in [6, 6.07) is 23.0. The Balaban J connectivity index is 2.03.